The van der Waals surface area contributed by atoms with E-state index >= 15 is 0 Å². The number of hydrogen-bond donors (Lipinski definition) is 2. The van der Waals surface area contributed by atoms with Crippen molar-refractivity contribution in [1.82, 2.24) is 15.5 Å². The Kier molecular flexibility index (Phi) is 5.02. The maximum atomic E-state index is 12.9. The van der Waals surface area contributed by atoms with Crippen molar-refractivity contribution in [2.75, 3.05) is 33.2 Å². The second kappa shape index (κ2) is 6.57. The Morgan fingerprint density at radius 3 is 2.80 bits per heavy atom. The highest BCUT2D eigenvalue weighted by Gasteiger charge is 2.42. The van der Waals surface area contributed by atoms with Crippen LogP contribution in [0.4, 0.5) is 0 Å². The average Bonchev–Trinajstić information content (AvgIpc) is 2.54. The first-order valence-corrected chi connectivity index (χ1v) is 7.84. The molecule has 20 heavy (non-hydrogen) atoms. The Morgan fingerprint density at radius 2 is 2.20 bits per heavy atom. The fraction of sp³-hybridized carbons (Fsp3) is 0.867. The second-order valence-electron chi connectivity index (χ2n) is 6.12. The minimum atomic E-state index is -0.247. The zero-order chi connectivity index (χ0) is 14.6. The highest BCUT2D eigenvalue weighted by atomic mass is 16.2. The van der Waals surface area contributed by atoms with Crippen LogP contribution in [0.15, 0.2) is 0 Å². The van der Waals surface area contributed by atoms with Crippen LogP contribution in [-0.2, 0) is 9.59 Å². The molecule has 2 fully saturated rings. The summed E-state index contributed by atoms with van der Waals surface area (Å²) < 4.78 is 0. The number of piperidine rings is 2. The predicted octanol–water partition coefficient (Wildman–Crippen LogP) is 0.751. The normalized spacial score (nSPS) is 30.9. The molecule has 114 valence electrons. The van der Waals surface area contributed by atoms with Crippen molar-refractivity contribution >= 4 is 11.8 Å². The summed E-state index contributed by atoms with van der Waals surface area (Å²) in [6, 6.07) is 0. The zero-order valence-corrected chi connectivity index (χ0v) is 12.7. The maximum Gasteiger partial charge on any atom is 0.230 e. The molecule has 0 bridgehead atoms. The largest absolute Gasteiger partial charge is 0.359 e. The fourth-order valence-corrected chi connectivity index (χ4v) is 3.52. The molecule has 2 aliphatic rings. The van der Waals surface area contributed by atoms with E-state index in [9.17, 15) is 9.59 Å². The molecule has 2 unspecified atom stereocenters. The third-order valence-corrected chi connectivity index (χ3v) is 4.93. The van der Waals surface area contributed by atoms with Gasteiger partial charge >= 0.3 is 0 Å². The molecule has 2 aliphatic heterocycles. The van der Waals surface area contributed by atoms with Crippen LogP contribution in [0, 0.1) is 11.3 Å². The third-order valence-electron chi connectivity index (χ3n) is 4.93. The highest BCUT2D eigenvalue weighted by molar-refractivity contribution is 5.85. The topological polar surface area (TPSA) is 61.4 Å². The number of hydrogen-bond acceptors (Lipinski definition) is 3. The summed E-state index contributed by atoms with van der Waals surface area (Å²) in [6.45, 7) is 5.28. The van der Waals surface area contributed by atoms with Crippen LogP contribution in [0.3, 0.4) is 0 Å². The molecule has 0 spiro atoms. The second-order valence-corrected chi connectivity index (χ2v) is 6.12. The van der Waals surface area contributed by atoms with Crippen molar-refractivity contribution < 1.29 is 9.59 Å². The summed E-state index contributed by atoms with van der Waals surface area (Å²) in [4.78, 5) is 26.6. The first-order chi connectivity index (χ1) is 9.63. The van der Waals surface area contributed by atoms with E-state index in [1.54, 1.807) is 7.05 Å². The van der Waals surface area contributed by atoms with Crippen LogP contribution in [0.25, 0.3) is 0 Å². The zero-order valence-electron chi connectivity index (χ0n) is 12.7. The van der Waals surface area contributed by atoms with Crippen LogP contribution in [-0.4, -0.2) is 49.9 Å². The van der Waals surface area contributed by atoms with Crippen molar-refractivity contribution in [2.24, 2.45) is 11.3 Å². The van der Waals surface area contributed by atoms with E-state index in [0.29, 0.717) is 6.54 Å². The van der Waals surface area contributed by atoms with Crippen LogP contribution in [0.5, 0.6) is 0 Å². The van der Waals surface area contributed by atoms with Crippen molar-refractivity contribution in [3.05, 3.63) is 0 Å². The summed E-state index contributed by atoms with van der Waals surface area (Å²) in [5.41, 5.74) is -0.247. The van der Waals surface area contributed by atoms with Gasteiger partial charge < -0.3 is 15.5 Å². The summed E-state index contributed by atoms with van der Waals surface area (Å²) in [5, 5.41) is 6.07. The van der Waals surface area contributed by atoms with Gasteiger partial charge in [-0.1, -0.05) is 6.92 Å². The molecule has 2 saturated heterocycles. The first kappa shape index (κ1) is 15.3. The van der Waals surface area contributed by atoms with Crippen LogP contribution in [0.1, 0.15) is 39.0 Å². The summed E-state index contributed by atoms with van der Waals surface area (Å²) in [5.74, 6) is 0.277. The highest BCUT2D eigenvalue weighted by Crippen LogP contribution is 2.33. The van der Waals surface area contributed by atoms with Crippen molar-refractivity contribution in [3.63, 3.8) is 0 Å². The molecule has 0 aromatic carbocycles. The molecule has 0 saturated carbocycles. The molecule has 2 rings (SSSR count). The fourth-order valence-electron chi connectivity index (χ4n) is 3.52. The average molecular weight is 281 g/mol. The number of amides is 2. The van der Waals surface area contributed by atoms with Gasteiger partial charge in [0.05, 0.1) is 11.3 Å². The lowest BCUT2D eigenvalue weighted by Crippen LogP contribution is -2.54. The van der Waals surface area contributed by atoms with Crippen LogP contribution in [0.2, 0.25) is 0 Å². The van der Waals surface area contributed by atoms with Crippen LogP contribution >= 0.6 is 0 Å². The summed E-state index contributed by atoms with van der Waals surface area (Å²) in [6.07, 6.45) is 4.72. The standard InChI is InChI=1S/C15H27N3O2/c1-3-15(7-5-8-17-11-15)14(20)18-9-4-6-12(10-18)13(19)16-2/h12,17H,3-11H2,1-2H3,(H,16,19). The Labute approximate surface area is 121 Å². The lowest BCUT2D eigenvalue weighted by atomic mass is 9.76. The van der Waals surface area contributed by atoms with E-state index in [1.165, 1.54) is 0 Å². The molecular weight excluding hydrogens is 254 g/mol. The van der Waals surface area contributed by atoms with Gasteiger partial charge in [-0.25, -0.2) is 0 Å². The molecule has 2 N–H and O–H groups in total. The molecule has 0 aromatic heterocycles. The van der Waals surface area contributed by atoms with Gasteiger partial charge in [0.1, 0.15) is 0 Å². The van der Waals surface area contributed by atoms with Gasteiger partial charge in [-0.05, 0) is 38.6 Å². The Hall–Kier alpha value is -1.10. The van der Waals surface area contributed by atoms with E-state index in [0.717, 1.165) is 51.7 Å². The third kappa shape index (κ3) is 2.97. The molecule has 2 amide bonds. The van der Waals surface area contributed by atoms with E-state index in [4.69, 9.17) is 0 Å². The molecule has 0 aliphatic carbocycles. The van der Waals surface area contributed by atoms with Gasteiger partial charge in [0, 0.05) is 26.7 Å². The van der Waals surface area contributed by atoms with Gasteiger partial charge in [0.15, 0.2) is 0 Å². The monoisotopic (exact) mass is 281 g/mol. The number of rotatable bonds is 3. The quantitative estimate of drug-likeness (QED) is 0.802. The van der Waals surface area contributed by atoms with Gasteiger partial charge in [-0.15, -0.1) is 0 Å². The molecule has 5 nitrogen and oxygen atoms in total. The van der Waals surface area contributed by atoms with E-state index in [2.05, 4.69) is 17.6 Å². The van der Waals surface area contributed by atoms with Crippen molar-refractivity contribution in [3.8, 4) is 0 Å². The van der Waals surface area contributed by atoms with Crippen molar-refractivity contribution in [1.29, 1.82) is 0 Å². The smallest absolute Gasteiger partial charge is 0.230 e. The van der Waals surface area contributed by atoms with Crippen LogP contribution < -0.4 is 10.6 Å². The van der Waals surface area contributed by atoms with Gasteiger partial charge in [-0.2, -0.15) is 0 Å². The lowest BCUT2D eigenvalue weighted by molar-refractivity contribution is -0.146. The van der Waals surface area contributed by atoms with E-state index in [1.807, 2.05) is 4.90 Å². The maximum absolute atomic E-state index is 12.9. The molecule has 0 aromatic rings. The predicted molar refractivity (Wildman–Crippen MR) is 78.2 cm³/mol. The first-order valence-electron chi connectivity index (χ1n) is 7.84. The molecule has 2 heterocycles. The molecule has 5 heteroatoms. The molecule has 0 radical (unpaired) electrons. The Bertz CT molecular complexity index is 364. The number of likely N-dealkylation sites (tertiary alicyclic amines) is 1. The van der Waals surface area contributed by atoms with Gasteiger partial charge in [-0.3, -0.25) is 9.59 Å². The Balaban J connectivity index is 2.05. The number of nitrogens with zero attached hydrogens (tertiary/aromatic N) is 1. The van der Waals surface area contributed by atoms with Crippen molar-refractivity contribution in [2.45, 2.75) is 39.0 Å². The van der Waals surface area contributed by atoms with E-state index < -0.39 is 0 Å². The SMILES string of the molecule is CCC1(C(=O)N2CCCC(C(=O)NC)C2)CCCNC1. The summed E-state index contributed by atoms with van der Waals surface area (Å²) >= 11 is 0. The Morgan fingerprint density at radius 1 is 1.40 bits per heavy atom. The van der Waals surface area contributed by atoms with Gasteiger partial charge in [0.25, 0.3) is 0 Å². The summed E-state index contributed by atoms with van der Waals surface area (Å²) in [7, 11) is 1.67. The molecule has 2 atom stereocenters. The minimum Gasteiger partial charge on any atom is -0.359 e. The number of carbonyl (C=O) groups excluding carboxylic acids is 2. The minimum absolute atomic E-state index is 0.0387. The molecular formula is C15H27N3O2. The van der Waals surface area contributed by atoms with E-state index in [-0.39, 0.29) is 23.1 Å². The van der Waals surface area contributed by atoms with Gasteiger partial charge in [0.2, 0.25) is 11.8 Å². The number of carbonyl (C=O) groups is 2. The lowest BCUT2D eigenvalue weighted by Gasteiger charge is -2.42. The number of nitrogens with one attached hydrogen (secondary N) is 2.